The van der Waals surface area contributed by atoms with E-state index in [1.165, 1.54) is 11.1 Å². The van der Waals surface area contributed by atoms with Gasteiger partial charge in [-0.05, 0) is 249 Å². The van der Waals surface area contributed by atoms with Crippen LogP contribution >= 0.6 is 0 Å². The third kappa shape index (κ3) is 13.5. The maximum absolute atomic E-state index is 5.50. The zero-order chi connectivity index (χ0) is 63.9. The molecule has 0 heterocycles. The molecule has 0 bridgehead atoms. The largest absolute Gasteiger partial charge is 0.497 e. The molecular formula is C84H78N4O4. The molecule has 12 aromatic carbocycles. The van der Waals surface area contributed by atoms with E-state index in [9.17, 15) is 0 Å². The highest BCUT2D eigenvalue weighted by Gasteiger charge is 2.21. The molecule has 0 aliphatic heterocycles. The van der Waals surface area contributed by atoms with Gasteiger partial charge in [0.25, 0.3) is 0 Å². The average Bonchev–Trinajstić information content (AvgIpc) is 0.935. The quantitative estimate of drug-likeness (QED) is 0.0794. The minimum atomic E-state index is 0.0220. The van der Waals surface area contributed by atoms with E-state index in [-0.39, 0.29) is 10.8 Å². The van der Waals surface area contributed by atoms with Gasteiger partial charge >= 0.3 is 0 Å². The van der Waals surface area contributed by atoms with Crippen molar-refractivity contribution in [1.29, 1.82) is 0 Å². The summed E-state index contributed by atoms with van der Waals surface area (Å²) in [5.41, 5.74) is 22.0. The first kappa shape index (κ1) is 61.3. The Morgan fingerprint density at radius 3 is 0.413 bits per heavy atom. The number of nitrogens with zero attached hydrogens (tertiary/aromatic N) is 4. The van der Waals surface area contributed by atoms with E-state index in [1.54, 1.807) is 28.4 Å². The minimum absolute atomic E-state index is 0.0220. The molecule has 0 radical (unpaired) electrons. The molecule has 0 saturated carbocycles. The molecule has 0 aromatic heterocycles. The second-order valence-corrected chi connectivity index (χ2v) is 25.0. The second-order valence-electron chi connectivity index (χ2n) is 25.0. The predicted octanol–water partition coefficient (Wildman–Crippen LogP) is 23.2. The van der Waals surface area contributed by atoms with Crippen LogP contribution in [-0.4, -0.2) is 28.4 Å². The van der Waals surface area contributed by atoms with Crippen LogP contribution in [0.5, 0.6) is 23.0 Å². The Morgan fingerprint density at radius 1 is 0.174 bits per heavy atom. The summed E-state index contributed by atoms with van der Waals surface area (Å²) in [5.74, 6) is 3.24. The molecule has 8 nitrogen and oxygen atoms in total. The van der Waals surface area contributed by atoms with Gasteiger partial charge in [-0.1, -0.05) is 139 Å². The Kier molecular flexibility index (Phi) is 17.7. The zero-order valence-electron chi connectivity index (χ0n) is 54.1. The molecule has 0 atom stereocenters. The molecule has 92 heavy (non-hydrogen) atoms. The van der Waals surface area contributed by atoms with E-state index in [0.717, 1.165) is 125 Å². The van der Waals surface area contributed by atoms with Crippen LogP contribution in [0.4, 0.5) is 68.2 Å². The van der Waals surface area contributed by atoms with E-state index >= 15 is 0 Å². The summed E-state index contributed by atoms with van der Waals surface area (Å²) in [6.45, 7) is 13.6. The topological polar surface area (TPSA) is 49.9 Å². The normalized spacial score (nSPS) is 11.4. The molecule has 0 saturated heterocycles. The molecule has 0 N–H and O–H groups in total. The van der Waals surface area contributed by atoms with Crippen molar-refractivity contribution >= 4 is 68.2 Å². The smallest absolute Gasteiger partial charge is 0.119 e. The van der Waals surface area contributed by atoms with Gasteiger partial charge < -0.3 is 38.5 Å². The first-order valence-corrected chi connectivity index (χ1v) is 31.2. The van der Waals surface area contributed by atoms with Crippen LogP contribution in [0.2, 0.25) is 0 Å². The fourth-order valence-corrected chi connectivity index (χ4v) is 11.8. The van der Waals surface area contributed by atoms with Gasteiger partial charge in [-0.3, -0.25) is 0 Å². The molecule has 8 heteroatoms. The standard InChI is InChI=1S/C84H78N4O4/c1-83(2,3)65-23-39-73(40-24-65)85(69-31-15-61(16-32-69)63-19-35-71(36-20-63)87(75-43-51-79(89-7)52-44-75)76-45-53-80(90-8)54-46-76)67-27-11-59(12-28-67)60-13-29-68(30-14-60)86(74-41-25-66(26-42-74)84(4,5)6)70-33-17-62(18-34-70)64-21-37-72(38-22-64)88(77-47-55-81(91-9)56-48-77)78-49-57-82(92-10)58-50-78/h11-58H,1-10H3. The maximum atomic E-state index is 5.50. The lowest BCUT2D eigenvalue weighted by molar-refractivity contribution is 0.414. The summed E-state index contributed by atoms with van der Waals surface area (Å²) in [4.78, 5) is 9.17. The van der Waals surface area contributed by atoms with Crippen molar-refractivity contribution in [1.82, 2.24) is 0 Å². The average molecular weight is 1210 g/mol. The van der Waals surface area contributed by atoms with Gasteiger partial charge in [-0.15, -0.1) is 0 Å². The molecule has 12 rings (SSSR count). The number of hydrogen-bond acceptors (Lipinski definition) is 8. The number of rotatable bonds is 19. The van der Waals surface area contributed by atoms with Crippen molar-refractivity contribution in [2.75, 3.05) is 48.0 Å². The lowest BCUT2D eigenvalue weighted by Gasteiger charge is -2.28. The Labute approximate surface area is 543 Å². The van der Waals surface area contributed by atoms with Gasteiger partial charge in [0.15, 0.2) is 0 Å². The first-order chi connectivity index (χ1) is 44.6. The van der Waals surface area contributed by atoms with Crippen molar-refractivity contribution in [3.63, 3.8) is 0 Å². The predicted molar refractivity (Wildman–Crippen MR) is 385 cm³/mol. The third-order valence-electron chi connectivity index (χ3n) is 17.1. The molecule has 0 aliphatic rings. The van der Waals surface area contributed by atoms with Crippen molar-refractivity contribution < 1.29 is 18.9 Å². The summed E-state index contributed by atoms with van der Waals surface area (Å²) in [6, 6.07) is 104. The summed E-state index contributed by atoms with van der Waals surface area (Å²) in [5, 5.41) is 0. The highest BCUT2D eigenvalue weighted by atomic mass is 16.5. The van der Waals surface area contributed by atoms with Crippen LogP contribution < -0.4 is 38.5 Å². The van der Waals surface area contributed by atoms with E-state index < -0.39 is 0 Å². The first-order valence-electron chi connectivity index (χ1n) is 31.2. The van der Waals surface area contributed by atoms with Gasteiger partial charge in [-0.2, -0.15) is 0 Å². The lowest BCUT2D eigenvalue weighted by atomic mass is 9.87. The summed E-state index contributed by atoms with van der Waals surface area (Å²) in [7, 11) is 6.76. The fraction of sp³-hybridized carbons (Fsp3) is 0.143. The number of methoxy groups -OCH3 is 4. The Hall–Kier alpha value is -11.0. The molecule has 0 aliphatic carbocycles. The van der Waals surface area contributed by atoms with E-state index in [1.807, 2.05) is 48.5 Å². The summed E-state index contributed by atoms with van der Waals surface area (Å²) >= 11 is 0. The fourth-order valence-electron chi connectivity index (χ4n) is 11.8. The van der Waals surface area contributed by atoms with E-state index in [4.69, 9.17) is 18.9 Å². The van der Waals surface area contributed by atoms with Gasteiger partial charge in [0.2, 0.25) is 0 Å². The molecule has 0 fully saturated rings. The van der Waals surface area contributed by atoms with Crippen molar-refractivity contribution in [2.45, 2.75) is 52.4 Å². The highest BCUT2D eigenvalue weighted by Crippen LogP contribution is 2.44. The minimum Gasteiger partial charge on any atom is -0.497 e. The summed E-state index contributed by atoms with van der Waals surface area (Å²) in [6.07, 6.45) is 0. The van der Waals surface area contributed by atoms with Crippen molar-refractivity contribution in [3.8, 4) is 56.4 Å². The molecule has 458 valence electrons. The SMILES string of the molecule is COc1ccc(N(c2ccc(OC)cc2)c2ccc(-c3ccc(N(c4ccc(-c5ccc(N(c6ccc(-c7ccc(N(c8ccc(OC)cc8)c8ccc(OC)cc8)cc7)cc6)c6ccc(C(C)(C)C)cc6)cc5)cc4)c4ccc(C(C)(C)C)cc4)cc3)cc2)cc1. The molecule has 12 aromatic rings. The van der Waals surface area contributed by atoms with Crippen molar-refractivity contribution in [2.24, 2.45) is 0 Å². The highest BCUT2D eigenvalue weighted by molar-refractivity contribution is 5.85. The van der Waals surface area contributed by atoms with Crippen LogP contribution in [0.1, 0.15) is 52.7 Å². The zero-order valence-corrected chi connectivity index (χ0v) is 54.1. The molecule has 0 unspecified atom stereocenters. The number of benzene rings is 12. The maximum Gasteiger partial charge on any atom is 0.119 e. The van der Waals surface area contributed by atoms with E-state index in [2.05, 4.69) is 304 Å². The number of hydrogen-bond donors (Lipinski definition) is 0. The number of anilines is 12. The monoisotopic (exact) mass is 1210 g/mol. The van der Waals surface area contributed by atoms with Gasteiger partial charge in [-0.25, -0.2) is 0 Å². The molecular weight excluding hydrogens is 1130 g/mol. The van der Waals surface area contributed by atoms with Crippen molar-refractivity contribution in [3.05, 3.63) is 302 Å². The lowest BCUT2D eigenvalue weighted by Crippen LogP contribution is -2.13. The van der Waals surface area contributed by atoms with Gasteiger partial charge in [0.05, 0.1) is 28.4 Å². The molecule has 0 amide bonds. The van der Waals surface area contributed by atoms with Crippen LogP contribution in [0.15, 0.2) is 291 Å². The molecule has 0 spiro atoms. The van der Waals surface area contributed by atoms with E-state index in [0.29, 0.717) is 0 Å². The Bertz CT molecular complexity index is 3970. The van der Waals surface area contributed by atoms with Crippen LogP contribution in [0.25, 0.3) is 33.4 Å². The third-order valence-corrected chi connectivity index (χ3v) is 17.1. The Balaban J connectivity index is 0.809. The number of ether oxygens (including phenoxy) is 4. The van der Waals surface area contributed by atoms with Gasteiger partial charge in [0.1, 0.15) is 23.0 Å². The second kappa shape index (κ2) is 26.6. The Morgan fingerprint density at radius 2 is 0.293 bits per heavy atom. The van der Waals surface area contributed by atoms with Crippen LogP contribution in [0, 0.1) is 0 Å². The van der Waals surface area contributed by atoms with Crippen LogP contribution in [0.3, 0.4) is 0 Å². The summed E-state index contributed by atoms with van der Waals surface area (Å²) < 4.78 is 22.0. The van der Waals surface area contributed by atoms with Gasteiger partial charge in [0, 0.05) is 68.2 Å². The van der Waals surface area contributed by atoms with Crippen LogP contribution in [-0.2, 0) is 10.8 Å².